The Labute approximate surface area is 147 Å². The summed E-state index contributed by atoms with van der Waals surface area (Å²) in [5, 5.41) is 11.8. The van der Waals surface area contributed by atoms with Gasteiger partial charge in [-0.15, -0.1) is 0 Å². The number of rotatable bonds is 4. The number of hydrogen-bond donors (Lipinski definition) is 2. The Bertz CT molecular complexity index is 649. The summed E-state index contributed by atoms with van der Waals surface area (Å²) in [7, 11) is 0. The molecule has 0 unspecified atom stereocenters. The van der Waals surface area contributed by atoms with Gasteiger partial charge in [0, 0.05) is 14.8 Å². The van der Waals surface area contributed by atoms with Crippen LogP contribution in [0.25, 0.3) is 0 Å². The van der Waals surface area contributed by atoms with Gasteiger partial charge >= 0.3 is 0 Å². The smallest absolute Gasteiger partial charge is 0.129 e. The molecular weight excluding hydrogens is 383 g/mol. The molecule has 0 spiro atoms. The van der Waals surface area contributed by atoms with E-state index in [9.17, 15) is 0 Å². The predicted molar refractivity (Wildman–Crippen MR) is 104 cm³/mol. The normalized spacial score (nSPS) is 11.0. The second-order valence-electron chi connectivity index (χ2n) is 6.13. The first-order valence-electron chi connectivity index (χ1n) is 7.64. The van der Waals surface area contributed by atoms with E-state index in [1.807, 2.05) is 24.3 Å². The van der Waals surface area contributed by atoms with E-state index in [2.05, 4.69) is 73.8 Å². The molecule has 0 aromatic heterocycles. The van der Waals surface area contributed by atoms with Gasteiger partial charge in [0.05, 0.1) is 0 Å². The van der Waals surface area contributed by atoms with E-state index in [1.165, 1.54) is 11.1 Å². The highest BCUT2D eigenvalue weighted by Gasteiger charge is 2.15. The van der Waals surface area contributed by atoms with Gasteiger partial charge in [-0.25, -0.2) is 0 Å². The molecule has 2 N–H and O–H groups in total. The first-order chi connectivity index (χ1) is 10.4. The highest BCUT2D eigenvalue weighted by molar-refractivity contribution is 14.1. The van der Waals surface area contributed by atoms with Gasteiger partial charge in [0.25, 0.3) is 0 Å². The molecule has 0 aliphatic carbocycles. The maximum atomic E-state index is 8.42. The summed E-state index contributed by atoms with van der Waals surface area (Å²) in [4.78, 5) is 0. The molecule has 0 fully saturated rings. The summed E-state index contributed by atoms with van der Waals surface area (Å²) in [6.45, 7) is 8.78. The molecule has 2 aromatic rings. The number of hydrogen-bond acceptors (Lipinski definition) is 1. The van der Waals surface area contributed by atoms with Crippen LogP contribution in [-0.2, 0) is 0 Å². The number of amidine groups is 1. The van der Waals surface area contributed by atoms with Gasteiger partial charge in [0.2, 0.25) is 0 Å². The van der Waals surface area contributed by atoms with Crippen LogP contribution in [0.15, 0.2) is 42.5 Å². The minimum absolute atomic E-state index is 0.421. The maximum absolute atomic E-state index is 8.42. The average molecular weight is 406 g/mol. The molecule has 3 heteroatoms. The predicted octanol–water partition coefficient (Wildman–Crippen LogP) is 5.98. The molecule has 2 rings (SSSR count). The third-order valence-electron chi connectivity index (χ3n) is 3.74. The molecule has 22 heavy (non-hydrogen) atoms. The zero-order valence-electron chi connectivity index (χ0n) is 13.6. The van der Waals surface area contributed by atoms with E-state index in [4.69, 9.17) is 5.41 Å². The second-order valence-corrected chi connectivity index (χ2v) is 7.38. The lowest BCUT2D eigenvalue weighted by Gasteiger charge is -2.21. The van der Waals surface area contributed by atoms with Crippen molar-refractivity contribution in [2.24, 2.45) is 0 Å². The van der Waals surface area contributed by atoms with Gasteiger partial charge in [0.1, 0.15) is 5.84 Å². The van der Waals surface area contributed by atoms with Crippen LogP contribution in [0.3, 0.4) is 0 Å². The van der Waals surface area contributed by atoms with E-state index in [0.717, 1.165) is 14.8 Å². The molecule has 0 aliphatic heterocycles. The molecule has 0 radical (unpaired) electrons. The number of halogens is 1. The van der Waals surface area contributed by atoms with Gasteiger partial charge in [-0.1, -0.05) is 58.0 Å². The zero-order chi connectivity index (χ0) is 16.3. The highest BCUT2D eigenvalue weighted by atomic mass is 127. The lowest BCUT2D eigenvalue weighted by molar-refractivity contribution is 0.839. The standard InChI is InChI=1S/C19H23IN2/c1-12(2)16-9-6-10-17(13(3)4)18(16)22-19(21)14-7-5-8-15(20)11-14/h5-13H,1-4H3,(H2,21,22). The van der Waals surface area contributed by atoms with Crippen LogP contribution in [0.4, 0.5) is 5.69 Å². The number of para-hydroxylation sites is 1. The van der Waals surface area contributed by atoms with Crippen LogP contribution in [0, 0.1) is 8.98 Å². The molecule has 116 valence electrons. The molecule has 2 nitrogen and oxygen atoms in total. The van der Waals surface area contributed by atoms with Crippen molar-refractivity contribution < 1.29 is 0 Å². The third-order valence-corrected chi connectivity index (χ3v) is 4.41. The molecule has 0 bridgehead atoms. The van der Waals surface area contributed by atoms with Gasteiger partial charge in [-0.05, 0) is 57.7 Å². The Morgan fingerprint density at radius 2 is 1.50 bits per heavy atom. The van der Waals surface area contributed by atoms with E-state index in [1.54, 1.807) is 0 Å². The van der Waals surface area contributed by atoms with Gasteiger partial charge in [0.15, 0.2) is 0 Å². The van der Waals surface area contributed by atoms with Crippen LogP contribution < -0.4 is 5.32 Å². The SMILES string of the molecule is CC(C)c1cccc(C(C)C)c1NC(=N)c1cccc(I)c1. The maximum Gasteiger partial charge on any atom is 0.129 e. The van der Waals surface area contributed by atoms with Crippen LogP contribution in [0.5, 0.6) is 0 Å². The van der Waals surface area contributed by atoms with Gasteiger partial charge in [-0.2, -0.15) is 0 Å². The molecule has 0 heterocycles. The monoisotopic (exact) mass is 406 g/mol. The molecule has 0 amide bonds. The van der Waals surface area contributed by atoms with Crippen molar-refractivity contribution in [2.75, 3.05) is 5.32 Å². The van der Waals surface area contributed by atoms with E-state index >= 15 is 0 Å². The van der Waals surface area contributed by atoms with Crippen LogP contribution in [-0.4, -0.2) is 5.84 Å². The summed E-state index contributed by atoms with van der Waals surface area (Å²) in [6.07, 6.45) is 0. The van der Waals surface area contributed by atoms with Crippen molar-refractivity contribution in [3.63, 3.8) is 0 Å². The van der Waals surface area contributed by atoms with Gasteiger partial charge < -0.3 is 5.32 Å². The Morgan fingerprint density at radius 1 is 0.955 bits per heavy atom. The van der Waals surface area contributed by atoms with E-state index in [-0.39, 0.29) is 0 Å². The Hall–Kier alpha value is -1.36. The Balaban J connectivity index is 2.41. The summed E-state index contributed by atoms with van der Waals surface area (Å²) in [5.74, 6) is 1.29. The topological polar surface area (TPSA) is 35.9 Å². The lowest BCUT2D eigenvalue weighted by atomic mass is 9.92. The Morgan fingerprint density at radius 3 is 2.00 bits per heavy atom. The minimum Gasteiger partial charge on any atom is -0.340 e. The number of benzene rings is 2. The van der Waals surface area contributed by atoms with Crippen molar-refractivity contribution >= 4 is 34.1 Å². The molecule has 0 saturated carbocycles. The summed E-state index contributed by atoms with van der Waals surface area (Å²) in [5.41, 5.74) is 4.54. The van der Waals surface area contributed by atoms with E-state index in [0.29, 0.717) is 17.7 Å². The fourth-order valence-electron chi connectivity index (χ4n) is 2.54. The molecule has 0 saturated heterocycles. The minimum atomic E-state index is 0.421. The van der Waals surface area contributed by atoms with Crippen molar-refractivity contribution in [1.29, 1.82) is 5.41 Å². The van der Waals surface area contributed by atoms with Crippen LogP contribution in [0.2, 0.25) is 0 Å². The molecule has 0 aliphatic rings. The van der Waals surface area contributed by atoms with Crippen LogP contribution in [0.1, 0.15) is 56.2 Å². The first kappa shape index (κ1) is 17.0. The Kier molecular flexibility index (Phi) is 5.62. The third kappa shape index (κ3) is 3.88. The summed E-state index contributed by atoms with van der Waals surface area (Å²) >= 11 is 2.28. The fraction of sp³-hybridized carbons (Fsp3) is 0.316. The molecular formula is C19H23IN2. The van der Waals surface area contributed by atoms with Crippen molar-refractivity contribution in [3.8, 4) is 0 Å². The average Bonchev–Trinajstić information content (AvgIpc) is 2.46. The summed E-state index contributed by atoms with van der Waals surface area (Å²) in [6, 6.07) is 14.5. The second kappa shape index (κ2) is 7.27. The lowest BCUT2D eigenvalue weighted by Crippen LogP contribution is -2.16. The zero-order valence-corrected chi connectivity index (χ0v) is 15.7. The highest BCUT2D eigenvalue weighted by Crippen LogP contribution is 2.32. The van der Waals surface area contributed by atoms with Crippen LogP contribution >= 0.6 is 22.6 Å². The number of nitrogens with one attached hydrogen (secondary N) is 2. The van der Waals surface area contributed by atoms with Gasteiger partial charge in [-0.3, -0.25) is 5.41 Å². The van der Waals surface area contributed by atoms with Crippen molar-refractivity contribution in [2.45, 2.75) is 39.5 Å². The van der Waals surface area contributed by atoms with Crippen molar-refractivity contribution in [3.05, 3.63) is 62.7 Å². The first-order valence-corrected chi connectivity index (χ1v) is 8.72. The molecule has 0 atom stereocenters. The summed E-state index contributed by atoms with van der Waals surface area (Å²) < 4.78 is 1.14. The van der Waals surface area contributed by atoms with E-state index < -0.39 is 0 Å². The fourth-order valence-corrected chi connectivity index (χ4v) is 3.08. The number of anilines is 1. The largest absolute Gasteiger partial charge is 0.340 e. The van der Waals surface area contributed by atoms with Crippen molar-refractivity contribution in [1.82, 2.24) is 0 Å². The molecule has 2 aromatic carbocycles. The quantitative estimate of drug-likeness (QED) is 0.366.